The van der Waals surface area contributed by atoms with Gasteiger partial charge in [-0.25, -0.2) is 4.98 Å². The van der Waals surface area contributed by atoms with Crippen molar-refractivity contribution in [1.82, 2.24) is 4.98 Å². The third-order valence-corrected chi connectivity index (χ3v) is 5.04. The van der Waals surface area contributed by atoms with E-state index in [2.05, 4.69) is 22.4 Å². The van der Waals surface area contributed by atoms with Crippen LogP contribution in [0.2, 0.25) is 5.02 Å². The highest BCUT2D eigenvalue weighted by atomic mass is 35.5. The summed E-state index contributed by atoms with van der Waals surface area (Å²) in [6.07, 6.45) is 0. The van der Waals surface area contributed by atoms with E-state index >= 15 is 0 Å². The second-order valence-electron chi connectivity index (χ2n) is 5.38. The summed E-state index contributed by atoms with van der Waals surface area (Å²) >= 11 is 7.72. The van der Waals surface area contributed by atoms with Crippen molar-refractivity contribution in [2.45, 2.75) is 0 Å². The molecule has 0 saturated carbocycles. The molecule has 0 bridgehead atoms. The van der Waals surface area contributed by atoms with Gasteiger partial charge in [0.05, 0.1) is 17.5 Å². The molecule has 5 heteroatoms. The maximum absolute atomic E-state index is 6.08. The molecule has 1 N–H and O–H groups in total. The summed E-state index contributed by atoms with van der Waals surface area (Å²) < 4.78 is 6.47. The minimum atomic E-state index is 0.655. The van der Waals surface area contributed by atoms with Crippen LogP contribution >= 0.6 is 22.9 Å². The minimum absolute atomic E-state index is 0.655. The summed E-state index contributed by atoms with van der Waals surface area (Å²) in [7, 11) is 1.64. The number of aromatic nitrogens is 1. The molecule has 0 radical (unpaired) electrons. The number of nitrogens with one attached hydrogen (secondary N) is 1. The smallest absolute Gasteiger partial charge is 0.142 e. The van der Waals surface area contributed by atoms with E-state index in [4.69, 9.17) is 16.3 Å². The molecule has 1 aromatic heterocycles. The summed E-state index contributed by atoms with van der Waals surface area (Å²) in [6, 6.07) is 23.4. The van der Waals surface area contributed by atoms with Gasteiger partial charge < -0.3 is 10.1 Å². The highest BCUT2D eigenvalue weighted by Crippen LogP contribution is 2.33. The molecule has 0 atom stereocenters. The van der Waals surface area contributed by atoms with Gasteiger partial charge in [-0.3, -0.25) is 0 Å². The van der Waals surface area contributed by atoms with Crippen LogP contribution in [0.25, 0.3) is 20.8 Å². The molecule has 0 aliphatic rings. The monoisotopic (exact) mass is 364 g/mol. The number of benzene rings is 2. The predicted molar refractivity (Wildman–Crippen MR) is 104 cm³/mol. The highest BCUT2D eigenvalue weighted by Gasteiger charge is 2.07. The number of hydrogen-bond acceptors (Lipinski definition) is 4. The summed E-state index contributed by atoms with van der Waals surface area (Å²) in [5.74, 6) is 0.742. The molecule has 0 aliphatic carbocycles. The van der Waals surface area contributed by atoms with Gasteiger partial charge in [-0.2, -0.15) is 0 Å². The Morgan fingerprint density at radius 1 is 1.12 bits per heavy atom. The van der Waals surface area contributed by atoms with Gasteiger partial charge in [0.25, 0.3) is 0 Å². The molecule has 4 aromatic rings. The normalized spacial score (nSPS) is 10.5. The van der Waals surface area contributed by atoms with E-state index in [9.17, 15) is 0 Å². The first-order valence-corrected chi connectivity index (χ1v) is 8.82. The molecule has 0 saturated heterocycles. The molecule has 0 unspecified atom stereocenters. The first-order valence-electron chi connectivity index (χ1n) is 7.63. The van der Waals surface area contributed by atoms with Crippen LogP contribution < -0.4 is 10.1 Å². The van der Waals surface area contributed by atoms with Crippen molar-refractivity contribution >= 4 is 44.5 Å². The average molecular weight is 365 g/mol. The Balaban J connectivity index is 1.61. The van der Waals surface area contributed by atoms with E-state index in [-0.39, 0.29) is 0 Å². The third kappa shape index (κ3) is 3.25. The van der Waals surface area contributed by atoms with Gasteiger partial charge in [0.15, 0.2) is 0 Å². The van der Waals surface area contributed by atoms with Crippen molar-refractivity contribution in [1.29, 1.82) is 0 Å². The largest absolute Gasteiger partial charge is 0.495 e. The number of thiazole rings is 1. The molecular formula is C20H13ClN2OS. The van der Waals surface area contributed by atoms with Crippen LogP contribution in [-0.2, 0) is 0 Å². The fraction of sp³-hybridized carbons (Fsp3) is 0.0500. The molecule has 3 nitrogen and oxygen atoms in total. The van der Waals surface area contributed by atoms with Crippen LogP contribution in [0.15, 0.2) is 54.6 Å². The number of anilines is 2. The van der Waals surface area contributed by atoms with Crippen LogP contribution in [-0.4, -0.2) is 12.1 Å². The lowest BCUT2D eigenvalue weighted by molar-refractivity contribution is 0.417. The van der Waals surface area contributed by atoms with E-state index in [1.165, 1.54) is 0 Å². The Bertz CT molecular complexity index is 994. The third-order valence-electron chi connectivity index (χ3n) is 3.73. The Hall–Kier alpha value is -2.74. The van der Waals surface area contributed by atoms with Crippen LogP contribution in [0.1, 0.15) is 0 Å². The zero-order valence-corrected chi connectivity index (χ0v) is 14.9. The van der Waals surface area contributed by atoms with E-state index in [0.717, 1.165) is 37.9 Å². The van der Waals surface area contributed by atoms with E-state index < -0.39 is 0 Å². The summed E-state index contributed by atoms with van der Waals surface area (Å²) in [4.78, 5) is 4.61. The Morgan fingerprint density at radius 3 is 2.72 bits per heavy atom. The van der Waals surface area contributed by atoms with E-state index in [1.54, 1.807) is 24.5 Å². The van der Waals surface area contributed by atoms with Crippen molar-refractivity contribution in [2.24, 2.45) is 0 Å². The van der Waals surface area contributed by atoms with E-state index in [0.29, 0.717) is 5.02 Å². The van der Waals surface area contributed by atoms with Crippen LogP contribution in [0.5, 0.6) is 5.75 Å². The number of hydrogen-bond donors (Lipinski definition) is 1. The predicted octanol–water partition coefficient (Wildman–Crippen LogP) is 5.97. The summed E-state index contributed by atoms with van der Waals surface area (Å²) in [5, 5.41) is 4.96. The van der Waals surface area contributed by atoms with Crippen molar-refractivity contribution < 1.29 is 4.74 Å². The topological polar surface area (TPSA) is 34.1 Å². The molecule has 1 heterocycles. The lowest BCUT2D eigenvalue weighted by Crippen LogP contribution is -1.94. The number of ether oxygens (including phenoxy) is 1. The van der Waals surface area contributed by atoms with Crippen molar-refractivity contribution in [3.63, 3.8) is 0 Å². The molecule has 25 heavy (non-hydrogen) atoms. The molecule has 3 aromatic carbocycles. The number of methoxy groups -OCH3 is 1. The van der Waals surface area contributed by atoms with Crippen molar-refractivity contribution in [3.8, 4) is 16.3 Å². The molecule has 0 amide bonds. The van der Waals surface area contributed by atoms with Gasteiger partial charge in [-0.1, -0.05) is 17.7 Å². The maximum Gasteiger partial charge on any atom is 0.142 e. The molecule has 0 spiro atoms. The summed E-state index contributed by atoms with van der Waals surface area (Å²) in [6.45, 7) is 0. The van der Waals surface area contributed by atoms with Gasteiger partial charge in [-0.15, -0.1) is 11.3 Å². The minimum Gasteiger partial charge on any atom is -0.495 e. The first-order chi connectivity index (χ1) is 12.2. The standard InChI is InChI=1S/C20H13ClN2OS/c1-24-18-11-8-14(21)12-17(18)22-15-9-6-13(7-10-15)20-23-16-4-2-3-5-19(16)25-20/h3,5-12,22H,1H3. The molecule has 0 aliphatic heterocycles. The Labute approximate surface area is 154 Å². The van der Waals surface area contributed by atoms with Crippen LogP contribution in [0.4, 0.5) is 11.4 Å². The van der Waals surface area contributed by atoms with Crippen molar-refractivity contribution in [2.75, 3.05) is 12.4 Å². The van der Waals surface area contributed by atoms with Gasteiger partial charge in [0.2, 0.25) is 0 Å². The fourth-order valence-electron chi connectivity index (χ4n) is 2.51. The lowest BCUT2D eigenvalue weighted by Gasteiger charge is -2.11. The SMILES string of the molecule is COc1ccc(Cl)cc1Nc1ccc(-c2nc3c#cccc3s2)cc1. The van der Waals surface area contributed by atoms with Crippen LogP contribution in [0, 0.1) is 12.1 Å². The zero-order chi connectivity index (χ0) is 17.2. The second kappa shape index (κ2) is 6.64. The first kappa shape index (κ1) is 15.8. The Kier molecular flexibility index (Phi) is 4.19. The molecular weight excluding hydrogens is 352 g/mol. The molecule has 122 valence electrons. The maximum atomic E-state index is 6.08. The number of fused-ring (bicyclic) bond motifs is 1. The zero-order valence-electron chi connectivity index (χ0n) is 13.3. The van der Waals surface area contributed by atoms with E-state index in [1.807, 2.05) is 48.5 Å². The number of nitrogens with zero attached hydrogens (tertiary/aromatic N) is 1. The summed E-state index contributed by atoms with van der Waals surface area (Å²) in [5.41, 5.74) is 3.70. The number of halogens is 1. The van der Waals surface area contributed by atoms with Gasteiger partial charge in [-0.05, 0) is 60.7 Å². The van der Waals surface area contributed by atoms with Crippen LogP contribution in [0.3, 0.4) is 0 Å². The van der Waals surface area contributed by atoms with Gasteiger partial charge in [0, 0.05) is 16.3 Å². The second-order valence-corrected chi connectivity index (χ2v) is 6.85. The highest BCUT2D eigenvalue weighted by molar-refractivity contribution is 7.21. The quantitative estimate of drug-likeness (QED) is 0.484. The number of rotatable bonds is 4. The Morgan fingerprint density at radius 2 is 1.96 bits per heavy atom. The average Bonchev–Trinajstić information content (AvgIpc) is 3.07. The van der Waals surface area contributed by atoms with Crippen molar-refractivity contribution in [3.05, 3.63) is 71.8 Å². The fourth-order valence-corrected chi connectivity index (χ4v) is 3.62. The molecule has 0 fully saturated rings. The lowest BCUT2D eigenvalue weighted by atomic mass is 10.2. The molecule has 4 rings (SSSR count). The van der Waals surface area contributed by atoms with Gasteiger partial charge in [0.1, 0.15) is 16.3 Å². The van der Waals surface area contributed by atoms with Gasteiger partial charge >= 0.3 is 0 Å².